The number of nitrogens with zero attached hydrogens (tertiary/aromatic N) is 1. The van der Waals surface area contributed by atoms with Crippen LogP contribution < -0.4 is 5.73 Å². The van der Waals surface area contributed by atoms with Gasteiger partial charge in [0.1, 0.15) is 5.82 Å². The lowest BCUT2D eigenvalue weighted by atomic mass is 9.86. The topological polar surface area (TPSA) is 38.9 Å². The number of hydrogen-bond acceptors (Lipinski definition) is 2. The minimum Gasteiger partial charge on any atom is -0.318 e. The van der Waals surface area contributed by atoms with Crippen LogP contribution in [0.1, 0.15) is 28.7 Å². The smallest absolute Gasteiger partial charge is 0.123 e. The van der Waals surface area contributed by atoms with Gasteiger partial charge in [0.05, 0.1) is 5.54 Å². The number of aromatic nitrogens is 1. The lowest BCUT2D eigenvalue weighted by Gasteiger charge is -2.26. The second-order valence-electron chi connectivity index (χ2n) is 5.02. The first-order valence-electron chi connectivity index (χ1n) is 6.09. The van der Waals surface area contributed by atoms with Gasteiger partial charge in [0, 0.05) is 12.4 Å². The number of aryl methyl sites for hydroxylation is 2. The van der Waals surface area contributed by atoms with E-state index in [-0.39, 0.29) is 5.82 Å². The van der Waals surface area contributed by atoms with Crippen LogP contribution in [0.3, 0.4) is 0 Å². The van der Waals surface area contributed by atoms with Gasteiger partial charge in [-0.3, -0.25) is 4.98 Å². The van der Waals surface area contributed by atoms with Crippen molar-refractivity contribution in [2.24, 2.45) is 5.73 Å². The first kappa shape index (κ1) is 11.4. The average molecular weight is 242 g/mol. The molecule has 0 saturated heterocycles. The molecule has 0 saturated carbocycles. The maximum Gasteiger partial charge on any atom is 0.123 e. The van der Waals surface area contributed by atoms with E-state index in [1.165, 1.54) is 6.07 Å². The summed E-state index contributed by atoms with van der Waals surface area (Å²) in [5.74, 6) is -0.194. The standard InChI is InChI=1S/C15H15FN2/c1-10-6-12(9-18-8-10)15(17)5-4-11-7-13(16)2-3-14(11)15/h2-3,6-9H,4-5,17H2,1H3. The number of halogens is 1. The third-order valence-electron chi connectivity index (χ3n) is 3.73. The Bertz CT molecular complexity index is 609. The summed E-state index contributed by atoms with van der Waals surface area (Å²) in [6.07, 6.45) is 5.24. The van der Waals surface area contributed by atoms with Crippen LogP contribution in [-0.2, 0) is 12.0 Å². The van der Waals surface area contributed by atoms with Crippen molar-refractivity contribution in [1.29, 1.82) is 0 Å². The Balaban J connectivity index is 2.14. The zero-order valence-corrected chi connectivity index (χ0v) is 10.3. The fraction of sp³-hybridized carbons (Fsp3) is 0.267. The van der Waals surface area contributed by atoms with Crippen molar-refractivity contribution in [2.75, 3.05) is 0 Å². The first-order chi connectivity index (χ1) is 8.59. The van der Waals surface area contributed by atoms with Crippen molar-refractivity contribution in [3.8, 4) is 0 Å². The zero-order chi connectivity index (χ0) is 12.8. The summed E-state index contributed by atoms with van der Waals surface area (Å²) in [5.41, 5.74) is 10.2. The van der Waals surface area contributed by atoms with Crippen LogP contribution in [0.25, 0.3) is 0 Å². The van der Waals surface area contributed by atoms with Crippen LogP contribution in [0, 0.1) is 12.7 Å². The van der Waals surface area contributed by atoms with Crippen molar-refractivity contribution in [2.45, 2.75) is 25.3 Å². The van der Waals surface area contributed by atoms with Gasteiger partial charge in [0.15, 0.2) is 0 Å². The van der Waals surface area contributed by atoms with E-state index in [0.29, 0.717) is 0 Å². The van der Waals surface area contributed by atoms with E-state index in [1.54, 1.807) is 12.1 Å². The van der Waals surface area contributed by atoms with Crippen LogP contribution in [0.4, 0.5) is 4.39 Å². The molecule has 1 heterocycles. The first-order valence-corrected chi connectivity index (χ1v) is 6.09. The van der Waals surface area contributed by atoms with Crippen molar-refractivity contribution in [3.63, 3.8) is 0 Å². The highest BCUT2D eigenvalue weighted by atomic mass is 19.1. The van der Waals surface area contributed by atoms with Crippen LogP contribution in [0.2, 0.25) is 0 Å². The van der Waals surface area contributed by atoms with Crippen molar-refractivity contribution >= 4 is 0 Å². The van der Waals surface area contributed by atoms with Gasteiger partial charge in [-0.15, -0.1) is 0 Å². The average Bonchev–Trinajstić information content (AvgIpc) is 2.68. The highest BCUT2D eigenvalue weighted by Gasteiger charge is 2.36. The highest BCUT2D eigenvalue weighted by Crippen LogP contribution is 2.40. The molecular formula is C15H15FN2. The fourth-order valence-corrected chi connectivity index (χ4v) is 2.77. The molecule has 92 valence electrons. The summed E-state index contributed by atoms with van der Waals surface area (Å²) in [5, 5.41) is 0. The second kappa shape index (κ2) is 3.89. The van der Waals surface area contributed by atoms with E-state index < -0.39 is 5.54 Å². The number of benzene rings is 1. The van der Waals surface area contributed by atoms with Crippen molar-refractivity contribution < 1.29 is 4.39 Å². The molecule has 2 nitrogen and oxygen atoms in total. The van der Waals surface area contributed by atoms with E-state index in [2.05, 4.69) is 11.1 Å². The molecule has 3 rings (SSSR count). The van der Waals surface area contributed by atoms with Gasteiger partial charge in [-0.05, 0) is 54.2 Å². The highest BCUT2D eigenvalue weighted by molar-refractivity contribution is 5.46. The summed E-state index contributed by atoms with van der Waals surface area (Å²) in [4.78, 5) is 4.21. The SMILES string of the molecule is Cc1cncc(C2(N)CCc3cc(F)ccc32)c1. The Morgan fingerprint density at radius 1 is 1.28 bits per heavy atom. The van der Waals surface area contributed by atoms with E-state index in [9.17, 15) is 4.39 Å². The molecule has 2 N–H and O–H groups in total. The molecule has 1 aliphatic rings. The fourth-order valence-electron chi connectivity index (χ4n) is 2.77. The molecule has 0 radical (unpaired) electrons. The molecule has 1 unspecified atom stereocenters. The molecule has 18 heavy (non-hydrogen) atoms. The normalized spacial score (nSPS) is 21.9. The Labute approximate surface area is 106 Å². The van der Waals surface area contributed by atoms with Gasteiger partial charge >= 0.3 is 0 Å². The summed E-state index contributed by atoms with van der Waals surface area (Å²) in [6.45, 7) is 2.00. The maximum absolute atomic E-state index is 13.2. The van der Waals surface area contributed by atoms with Crippen molar-refractivity contribution in [3.05, 3.63) is 64.7 Å². The number of nitrogens with two attached hydrogens (primary N) is 1. The van der Waals surface area contributed by atoms with Gasteiger partial charge in [0.2, 0.25) is 0 Å². The van der Waals surface area contributed by atoms with Crippen LogP contribution in [-0.4, -0.2) is 4.98 Å². The minimum absolute atomic E-state index is 0.194. The van der Waals surface area contributed by atoms with E-state index in [0.717, 1.165) is 35.1 Å². The number of rotatable bonds is 1. The molecule has 0 spiro atoms. The molecular weight excluding hydrogens is 227 g/mol. The lowest BCUT2D eigenvalue weighted by molar-refractivity contribution is 0.532. The monoisotopic (exact) mass is 242 g/mol. The van der Waals surface area contributed by atoms with Crippen molar-refractivity contribution in [1.82, 2.24) is 4.98 Å². The minimum atomic E-state index is -0.526. The van der Waals surface area contributed by atoms with E-state index in [4.69, 9.17) is 5.73 Å². The molecule has 1 aromatic carbocycles. The van der Waals surface area contributed by atoms with E-state index >= 15 is 0 Å². The summed E-state index contributed by atoms with van der Waals surface area (Å²) in [6, 6.07) is 6.94. The molecule has 0 aliphatic heterocycles. The Kier molecular flexibility index (Phi) is 2.45. The summed E-state index contributed by atoms with van der Waals surface area (Å²) < 4.78 is 13.2. The Morgan fingerprint density at radius 3 is 2.89 bits per heavy atom. The quantitative estimate of drug-likeness (QED) is 0.835. The summed E-state index contributed by atoms with van der Waals surface area (Å²) in [7, 11) is 0. The molecule has 1 atom stereocenters. The van der Waals surface area contributed by atoms with Gasteiger partial charge in [-0.2, -0.15) is 0 Å². The zero-order valence-electron chi connectivity index (χ0n) is 10.3. The largest absolute Gasteiger partial charge is 0.318 e. The third kappa shape index (κ3) is 1.63. The number of hydrogen-bond donors (Lipinski definition) is 1. The van der Waals surface area contributed by atoms with Gasteiger partial charge in [0.25, 0.3) is 0 Å². The Hall–Kier alpha value is -1.74. The molecule has 0 amide bonds. The molecule has 0 fully saturated rings. The molecule has 0 bridgehead atoms. The van der Waals surface area contributed by atoms with Gasteiger partial charge < -0.3 is 5.73 Å². The van der Waals surface area contributed by atoms with Crippen LogP contribution in [0.5, 0.6) is 0 Å². The molecule has 1 aliphatic carbocycles. The molecule has 2 aromatic rings. The molecule has 1 aromatic heterocycles. The second-order valence-corrected chi connectivity index (χ2v) is 5.02. The lowest BCUT2D eigenvalue weighted by Crippen LogP contribution is -2.35. The molecule has 3 heteroatoms. The predicted molar refractivity (Wildman–Crippen MR) is 68.7 cm³/mol. The van der Waals surface area contributed by atoms with Crippen LogP contribution in [0.15, 0.2) is 36.7 Å². The maximum atomic E-state index is 13.2. The van der Waals surface area contributed by atoms with E-state index in [1.807, 2.05) is 19.3 Å². The van der Waals surface area contributed by atoms with Gasteiger partial charge in [-0.1, -0.05) is 12.1 Å². The predicted octanol–water partition coefficient (Wildman–Crippen LogP) is 2.68. The number of fused-ring (bicyclic) bond motifs is 1. The van der Waals surface area contributed by atoms with Gasteiger partial charge in [-0.25, -0.2) is 4.39 Å². The number of pyridine rings is 1. The Morgan fingerprint density at radius 2 is 2.11 bits per heavy atom. The third-order valence-corrected chi connectivity index (χ3v) is 3.73. The van der Waals surface area contributed by atoms with Crippen LogP contribution >= 0.6 is 0 Å². The summed E-state index contributed by atoms with van der Waals surface area (Å²) >= 11 is 0.